The standard InChI is InChI=1S/C21H23N7O.C13H20ClN4/c22-17-5-7-27(8-6-17)12-16-4-9-28-20(16)21(24-13-25-28)26-18-3-1-2-15(10-18)19-11-23-14-29-19;1-4-18(5-2,6-3)9-11-7-8-17-12(11)13(14)15-10-16-17/h1-4,9-11,13-14,17H,5-8,12,22H2,(H,24,25,26);7-8,10H,4-6,9H2,1-3H3/q;+1. The van der Waals surface area contributed by atoms with Gasteiger partial charge in [0.2, 0.25) is 0 Å². The first kappa shape index (κ1) is 32.6. The van der Waals surface area contributed by atoms with Gasteiger partial charge in [-0.05, 0) is 76.5 Å². The number of fused-ring (bicyclic) bond motifs is 2. The third kappa shape index (κ3) is 7.31. The van der Waals surface area contributed by atoms with E-state index in [9.17, 15) is 0 Å². The number of piperidine rings is 1. The van der Waals surface area contributed by atoms with Crippen LogP contribution >= 0.6 is 11.6 Å². The van der Waals surface area contributed by atoms with Gasteiger partial charge in [0.15, 0.2) is 23.1 Å². The Kier molecular flexibility index (Phi) is 10.1. The number of nitrogens with two attached hydrogens (primary N) is 1. The van der Waals surface area contributed by atoms with Crippen LogP contribution in [0, 0.1) is 0 Å². The summed E-state index contributed by atoms with van der Waals surface area (Å²) < 4.78 is 10.2. The quantitative estimate of drug-likeness (QED) is 0.176. The first-order chi connectivity index (χ1) is 22.9. The van der Waals surface area contributed by atoms with Crippen molar-refractivity contribution in [2.75, 3.05) is 38.0 Å². The Balaban J connectivity index is 0.000000185. The number of benzene rings is 1. The van der Waals surface area contributed by atoms with Gasteiger partial charge in [-0.2, -0.15) is 10.2 Å². The van der Waals surface area contributed by atoms with Gasteiger partial charge in [0.25, 0.3) is 0 Å². The molecule has 3 N–H and O–H groups in total. The fourth-order valence-corrected chi connectivity index (χ4v) is 6.56. The summed E-state index contributed by atoms with van der Waals surface area (Å²) in [6.07, 6.45) is 12.2. The summed E-state index contributed by atoms with van der Waals surface area (Å²) >= 11 is 6.18. The van der Waals surface area contributed by atoms with E-state index in [1.807, 2.05) is 41.2 Å². The largest absolute Gasteiger partial charge is 0.444 e. The number of halogens is 1. The van der Waals surface area contributed by atoms with Gasteiger partial charge in [0.1, 0.15) is 30.2 Å². The number of oxazole rings is 1. The van der Waals surface area contributed by atoms with Crippen molar-refractivity contribution in [3.05, 3.63) is 90.3 Å². The van der Waals surface area contributed by atoms with E-state index in [1.165, 1.54) is 23.8 Å². The van der Waals surface area contributed by atoms with Crippen molar-refractivity contribution in [1.29, 1.82) is 0 Å². The summed E-state index contributed by atoms with van der Waals surface area (Å²) in [4.78, 5) is 15.0. The summed E-state index contributed by atoms with van der Waals surface area (Å²) in [6, 6.07) is 12.5. The van der Waals surface area contributed by atoms with E-state index < -0.39 is 0 Å². The molecule has 12 nitrogen and oxygen atoms in total. The molecule has 7 rings (SSSR count). The molecule has 0 unspecified atom stereocenters. The molecule has 0 radical (unpaired) electrons. The molecular formula is C34H43ClN11O+. The van der Waals surface area contributed by atoms with Crippen LogP contribution in [0.15, 0.2) is 78.5 Å². The highest BCUT2D eigenvalue weighted by molar-refractivity contribution is 6.32. The van der Waals surface area contributed by atoms with Gasteiger partial charge in [-0.25, -0.2) is 24.0 Å². The molecule has 0 spiro atoms. The molecule has 0 saturated carbocycles. The maximum absolute atomic E-state index is 6.18. The minimum absolute atomic E-state index is 0.328. The second kappa shape index (κ2) is 14.6. The molecular weight excluding hydrogens is 614 g/mol. The monoisotopic (exact) mass is 656 g/mol. The number of nitrogens with zero attached hydrogens (tertiary/aromatic N) is 9. The highest BCUT2D eigenvalue weighted by atomic mass is 35.5. The van der Waals surface area contributed by atoms with Crippen molar-refractivity contribution in [1.82, 2.24) is 39.1 Å². The average molecular weight is 657 g/mol. The lowest BCUT2D eigenvalue weighted by atomic mass is 10.1. The minimum Gasteiger partial charge on any atom is -0.444 e. The Morgan fingerprint density at radius 2 is 1.64 bits per heavy atom. The topological polar surface area (TPSA) is 128 Å². The van der Waals surface area contributed by atoms with Crippen molar-refractivity contribution in [2.24, 2.45) is 5.73 Å². The maximum atomic E-state index is 6.18. The van der Waals surface area contributed by atoms with Crippen LogP contribution in [0.1, 0.15) is 44.7 Å². The first-order valence-corrected chi connectivity index (χ1v) is 16.7. The van der Waals surface area contributed by atoms with Crippen LogP contribution in [0.5, 0.6) is 0 Å². The number of rotatable bonds is 10. The number of hydrogen-bond donors (Lipinski definition) is 2. The lowest BCUT2D eigenvalue weighted by Crippen LogP contribution is -2.46. The van der Waals surface area contributed by atoms with Gasteiger partial charge in [-0.3, -0.25) is 4.90 Å². The van der Waals surface area contributed by atoms with Gasteiger partial charge in [-0.1, -0.05) is 23.7 Å². The normalized spacial score (nSPS) is 14.4. The van der Waals surface area contributed by atoms with Crippen LogP contribution in [0.25, 0.3) is 22.4 Å². The van der Waals surface area contributed by atoms with E-state index in [1.54, 1.807) is 17.0 Å². The molecule has 6 aromatic rings. The van der Waals surface area contributed by atoms with Gasteiger partial charge >= 0.3 is 0 Å². The van der Waals surface area contributed by atoms with Gasteiger partial charge < -0.3 is 20.0 Å². The molecule has 1 aromatic carbocycles. The van der Waals surface area contributed by atoms with Gasteiger partial charge in [0, 0.05) is 41.8 Å². The smallest absolute Gasteiger partial charge is 0.181 e. The van der Waals surface area contributed by atoms with Crippen molar-refractivity contribution >= 4 is 34.1 Å². The predicted octanol–water partition coefficient (Wildman–Crippen LogP) is 5.81. The van der Waals surface area contributed by atoms with E-state index in [2.05, 4.69) is 68.3 Å². The zero-order valence-corrected chi connectivity index (χ0v) is 28.0. The summed E-state index contributed by atoms with van der Waals surface area (Å²) in [6.45, 7) is 14.0. The van der Waals surface area contributed by atoms with Crippen molar-refractivity contribution in [2.45, 2.75) is 52.7 Å². The van der Waals surface area contributed by atoms with E-state index in [0.29, 0.717) is 11.2 Å². The van der Waals surface area contributed by atoms with Gasteiger partial charge in [-0.15, -0.1) is 0 Å². The lowest BCUT2D eigenvalue weighted by Gasteiger charge is -2.35. The van der Waals surface area contributed by atoms with Crippen LogP contribution in [0.2, 0.25) is 5.15 Å². The molecule has 1 fully saturated rings. The number of quaternary nitrogens is 1. The number of hydrogen-bond acceptors (Lipinski definition) is 9. The molecule has 0 amide bonds. The van der Waals surface area contributed by atoms with Crippen LogP contribution in [0.3, 0.4) is 0 Å². The van der Waals surface area contributed by atoms with Crippen molar-refractivity contribution in [3.8, 4) is 11.3 Å². The van der Waals surface area contributed by atoms with Crippen LogP contribution in [-0.2, 0) is 13.1 Å². The zero-order valence-electron chi connectivity index (χ0n) is 27.3. The maximum Gasteiger partial charge on any atom is 0.181 e. The molecule has 0 bridgehead atoms. The highest BCUT2D eigenvalue weighted by Gasteiger charge is 2.24. The number of nitrogens with one attached hydrogen (secondary N) is 1. The first-order valence-electron chi connectivity index (χ1n) is 16.3. The molecule has 246 valence electrons. The van der Waals surface area contributed by atoms with Crippen LogP contribution < -0.4 is 11.1 Å². The molecule has 47 heavy (non-hydrogen) atoms. The molecule has 13 heteroatoms. The Morgan fingerprint density at radius 3 is 2.34 bits per heavy atom. The fourth-order valence-electron chi connectivity index (χ4n) is 6.31. The third-order valence-electron chi connectivity index (χ3n) is 9.42. The molecule has 0 aliphatic carbocycles. The highest BCUT2D eigenvalue weighted by Crippen LogP contribution is 2.28. The van der Waals surface area contributed by atoms with E-state index in [4.69, 9.17) is 21.8 Å². The second-order valence-corrected chi connectivity index (χ2v) is 12.4. The second-order valence-electron chi connectivity index (χ2n) is 12.1. The molecule has 0 atom stereocenters. The van der Waals surface area contributed by atoms with Crippen molar-refractivity contribution in [3.63, 3.8) is 0 Å². The number of anilines is 2. The Morgan fingerprint density at radius 1 is 0.936 bits per heavy atom. The lowest BCUT2D eigenvalue weighted by molar-refractivity contribution is -0.936. The summed E-state index contributed by atoms with van der Waals surface area (Å²) in [5.41, 5.74) is 12.3. The van der Waals surface area contributed by atoms with E-state index in [-0.39, 0.29) is 0 Å². The zero-order chi connectivity index (χ0) is 32.8. The van der Waals surface area contributed by atoms with Crippen LogP contribution in [0.4, 0.5) is 11.5 Å². The van der Waals surface area contributed by atoms with Crippen LogP contribution in [-0.4, -0.2) is 82.3 Å². The summed E-state index contributed by atoms with van der Waals surface area (Å²) in [7, 11) is 0. The summed E-state index contributed by atoms with van der Waals surface area (Å²) in [5.74, 6) is 1.51. The van der Waals surface area contributed by atoms with Crippen molar-refractivity contribution < 1.29 is 8.90 Å². The SMILES string of the molecule is CC[N+](CC)(CC)Cc1ccn2ncnc(Cl)c12.NC1CCN(Cc2ccn3ncnc(Nc4cccc(-c5cnco5)c4)c23)CC1. The predicted molar refractivity (Wildman–Crippen MR) is 184 cm³/mol. The Labute approximate surface area is 279 Å². The molecule has 6 heterocycles. The number of aromatic nitrogens is 7. The van der Waals surface area contributed by atoms with Gasteiger partial charge in [0.05, 0.1) is 25.8 Å². The molecule has 1 aliphatic heterocycles. The third-order valence-corrected chi connectivity index (χ3v) is 9.69. The molecule has 1 aliphatic rings. The Hall–Kier alpha value is -4.36. The molecule has 5 aromatic heterocycles. The molecule has 1 saturated heterocycles. The minimum atomic E-state index is 0.328. The van der Waals surface area contributed by atoms with E-state index >= 15 is 0 Å². The Bertz CT molecular complexity index is 1880. The summed E-state index contributed by atoms with van der Waals surface area (Å²) in [5, 5.41) is 12.5. The fraction of sp³-hybridized carbons (Fsp3) is 0.382. The van der Waals surface area contributed by atoms with E-state index in [0.717, 1.165) is 97.0 Å². The average Bonchev–Trinajstić information content (AvgIpc) is 3.87. The number of likely N-dealkylation sites (tertiary alicyclic amines) is 1.